The lowest BCUT2D eigenvalue weighted by Gasteiger charge is -2.05. The molecule has 0 radical (unpaired) electrons. The first-order chi connectivity index (χ1) is 7.15. The van der Waals surface area contributed by atoms with Crippen molar-refractivity contribution in [2.45, 2.75) is 13.8 Å². The van der Waals surface area contributed by atoms with E-state index in [1.54, 1.807) is 13.1 Å². The molecule has 0 spiro atoms. The predicted molar refractivity (Wildman–Crippen MR) is 60.6 cm³/mol. The molecular formula is C12H15NO2. The van der Waals surface area contributed by atoms with Crippen LogP contribution in [0.3, 0.4) is 0 Å². The Labute approximate surface area is 89.8 Å². The zero-order valence-corrected chi connectivity index (χ0v) is 9.20. The molecule has 0 bridgehead atoms. The molecule has 0 aliphatic heterocycles. The molecule has 0 fully saturated rings. The monoisotopic (exact) mass is 205 g/mol. The first kappa shape index (κ1) is 11.3. The van der Waals surface area contributed by atoms with Crippen LogP contribution in [0.1, 0.15) is 12.5 Å². The normalized spacial score (nSPS) is 11.0. The summed E-state index contributed by atoms with van der Waals surface area (Å²) in [5.41, 5.74) is 2.66. The van der Waals surface area contributed by atoms with Crippen molar-refractivity contribution in [2.75, 3.05) is 12.4 Å². The highest BCUT2D eigenvalue weighted by atomic mass is 16.5. The average molecular weight is 205 g/mol. The molecular weight excluding hydrogens is 190 g/mol. The Hall–Kier alpha value is -1.77. The van der Waals surface area contributed by atoms with Crippen LogP contribution in [0.2, 0.25) is 0 Å². The summed E-state index contributed by atoms with van der Waals surface area (Å²) in [6.45, 7) is 3.71. The molecule has 1 aromatic rings. The van der Waals surface area contributed by atoms with E-state index in [2.05, 4.69) is 10.1 Å². The van der Waals surface area contributed by atoms with Crippen molar-refractivity contribution in [1.82, 2.24) is 0 Å². The van der Waals surface area contributed by atoms with E-state index in [1.807, 2.05) is 31.2 Å². The molecule has 0 aromatic heterocycles. The molecule has 15 heavy (non-hydrogen) atoms. The van der Waals surface area contributed by atoms with Crippen LogP contribution in [0, 0.1) is 6.92 Å². The van der Waals surface area contributed by atoms with Crippen molar-refractivity contribution in [3.63, 3.8) is 0 Å². The fourth-order valence-corrected chi connectivity index (χ4v) is 1.14. The number of benzene rings is 1. The summed E-state index contributed by atoms with van der Waals surface area (Å²) < 4.78 is 4.58. The van der Waals surface area contributed by atoms with Gasteiger partial charge in [-0.1, -0.05) is 18.2 Å². The topological polar surface area (TPSA) is 38.3 Å². The van der Waals surface area contributed by atoms with Gasteiger partial charge in [0.25, 0.3) is 0 Å². The lowest BCUT2D eigenvalue weighted by molar-refractivity contribution is -0.136. The minimum Gasteiger partial charge on any atom is -0.466 e. The van der Waals surface area contributed by atoms with Crippen LogP contribution in [-0.2, 0) is 9.53 Å². The van der Waals surface area contributed by atoms with E-state index in [1.165, 1.54) is 7.11 Å². The summed E-state index contributed by atoms with van der Waals surface area (Å²) in [5.74, 6) is -0.323. The van der Waals surface area contributed by atoms with Crippen molar-refractivity contribution in [2.24, 2.45) is 0 Å². The smallest absolute Gasteiger partial charge is 0.334 e. The minimum absolute atomic E-state index is 0.323. The summed E-state index contributed by atoms with van der Waals surface area (Å²) in [4.78, 5) is 11.1. The van der Waals surface area contributed by atoms with Crippen LogP contribution in [0.15, 0.2) is 36.0 Å². The van der Waals surface area contributed by atoms with E-state index in [-0.39, 0.29) is 5.97 Å². The highest BCUT2D eigenvalue weighted by molar-refractivity contribution is 5.88. The quantitative estimate of drug-likeness (QED) is 0.608. The Morgan fingerprint density at radius 2 is 2.07 bits per heavy atom. The van der Waals surface area contributed by atoms with Gasteiger partial charge in [0, 0.05) is 11.9 Å². The molecule has 3 heteroatoms. The largest absolute Gasteiger partial charge is 0.466 e. The number of methoxy groups -OCH3 is 1. The lowest BCUT2D eigenvalue weighted by Crippen LogP contribution is -2.04. The van der Waals surface area contributed by atoms with Gasteiger partial charge >= 0.3 is 5.97 Å². The van der Waals surface area contributed by atoms with Crippen LogP contribution in [0.4, 0.5) is 5.69 Å². The molecule has 0 aliphatic carbocycles. The fraction of sp³-hybridized carbons (Fsp3) is 0.250. The van der Waals surface area contributed by atoms with Crippen molar-refractivity contribution in [3.05, 3.63) is 41.6 Å². The summed E-state index contributed by atoms with van der Waals surface area (Å²) >= 11 is 0. The van der Waals surface area contributed by atoms with Crippen molar-refractivity contribution in [3.8, 4) is 0 Å². The number of rotatable bonds is 3. The summed E-state index contributed by atoms with van der Waals surface area (Å²) in [5, 5.41) is 3.07. The highest BCUT2D eigenvalue weighted by Crippen LogP contribution is 2.13. The van der Waals surface area contributed by atoms with Crippen LogP contribution in [-0.4, -0.2) is 13.1 Å². The third kappa shape index (κ3) is 3.13. The Morgan fingerprint density at radius 1 is 1.40 bits per heavy atom. The Bertz CT molecular complexity index is 383. The first-order valence-electron chi connectivity index (χ1n) is 4.72. The zero-order valence-electron chi connectivity index (χ0n) is 9.20. The number of nitrogens with one attached hydrogen (secondary N) is 1. The van der Waals surface area contributed by atoms with Gasteiger partial charge in [-0.05, 0) is 25.5 Å². The average Bonchev–Trinajstić information content (AvgIpc) is 2.26. The number of carbonyl (C=O) groups is 1. The van der Waals surface area contributed by atoms with Gasteiger partial charge in [-0.3, -0.25) is 0 Å². The Morgan fingerprint density at radius 3 is 2.67 bits per heavy atom. The number of esters is 1. The molecule has 3 nitrogen and oxygen atoms in total. The van der Waals surface area contributed by atoms with Gasteiger partial charge in [0.1, 0.15) is 0 Å². The van der Waals surface area contributed by atoms with Crippen LogP contribution in [0.5, 0.6) is 0 Å². The predicted octanol–water partition coefficient (Wildman–Crippen LogP) is 2.48. The molecule has 1 aromatic carbocycles. The molecule has 1 N–H and O–H groups in total. The summed E-state index contributed by atoms with van der Waals surface area (Å²) in [7, 11) is 1.37. The zero-order chi connectivity index (χ0) is 11.3. The van der Waals surface area contributed by atoms with Crippen molar-refractivity contribution < 1.29 is 9.53 Å². The minimum atomic E-state index is -0.323. The molecule has 0 atom stereocenters. The number of hydrogen-bond acceptors (Lipinski definition) is 3. The fourth-order valence-electron chi connectivity index (χ4n) is 1.14. The highest BCUT2D eigenvalue weighted by Gasteiger charge is 2.02. The van der Waals surface area contributed by atoms with Gasteiger partial charge in [0.2, 0.25) is 0 Å². The van der Waals surface area contributed by atoms with E-state index in [0.29, 0.717) is 5.57 Å². The molecule has 0 saturated heterocycles. The van der Waals surface area contributed by atoms with Gasteiger partial charge in [0.15, 0.2) is 0 Å². The lowest BCUT2D eigenvalue weighted by atomic mass is 10.2. The van der Waals surface area contributed by atoms with Gasteiger partial charge < -0.3 is 10.1 Å². The number of anilines is 1. The first-order valence-corrected chi connectivity index (χ1v) is 4.72. The maximum Gasteiger partial charge on any atom is 0.334 e. The summed E-state index contributed by atoms with van der Waals surface area (Å²) in [6, 6.07) is 7.87. The molecule has 0 amide bonds. The number of ether oxygens (including phenoxy) is 1. The molecule has 0 aliphatic rings. The van der Waals surface area contributed by atoms with E-state index >= 15 is 0 Å². The van der Waals surface area contributed by atoms with Crippen LogP contribution < -0.4 is 5.32 Å². The second kappa shape index (κ2) is 5.20. The third-order valence-corrected chi connectivity index (χ3v) is 2.10. The maximum atomic E-state index is 11.1. The van der Waals surface area contributed by atoms with Gasteiger partial charge in [-0.2, -0.15) is 0 Å². The second-order valence-electron chi connectivity index (χ2n) is 3.28. The molecule has 0 unspecified atom stereocenters. The van der Waals surface area contributed by atoms with Crippen molar-refractivity contribution >= 4 is 11.7 Å². The molecule has 1 rings (SSSR count). The van der Waals surface area contributed by atoms with Gasteiger partial charge in [-0.25, -0.2) is 4.79 Å². The van der Waals surface area contributed by atoms with Gasteiger partial charge in [0.05, 0.1) is 12.7 Å². The SMILES string of the molecule is COC(=O)/C(C)=C/Nc1ccccc1C. The van der Waals surface area contributed by atoms with Gasteiger partial charge in [-0.15, -0.1) is 0 Å². The summed E-state index contributed by atoms with van der Waals surface area (Å²) in [6.07, 6.45) is 1.65. The van der Waals surface area contributed by atoms with E-state index in [4.69, 9.17) is 0 Å². The molecule has 0 heterocycles. The number of para-hydroxylation sites is 1. The van der Waals surface area contributed by atoms with E-state index in [9.17, 15) is 4.79 Å². The molecule has 80 valence electrons. The number of aryl methyl sites for hydroxylation is 1. The van der Waals surface area contributed by atoms with Crippen LogP contribution in [0.25, 0.3) is 0 Å². The van der Waals surface area contributed by atoms with Crippen molar-refractivity contribution in [1.29, 1.82) is 0 Å². The standard InChI is InChI=1S/C12H15NO2/c1-9-6-4-5-7-11(9)13-8-10(2)12(14)15-3/h4-8,13H,1-3H3/b10-8+. The van der Waals surface area contributed by atoms with E-state index in [0.717, 1.165) is 11.3 Å². The van der Waals surface area contributed by atoms with Crippen LogP contribution >= 0.6 is 0 Å². The third-order valence-electron chi connectivity index (χ3n) is 2.10. The second-order valence-corrected chi connectivity index (χ2v) is 3.28. The maximum absolute atomic E-state index is 11.1. The number of hydrogen-bond donors (Lipinski definition) is 1. The molecule has 0 saturated carbocycles. The Balaban J connectivity index is 2.72. The Kier molecular flexibility index (Phi) is 3.92. The number of carbonyl (C=O) groups excluding carboxylic acids is 1. The van der Waals surface area contributed by atoms with E-state index < -0.39 is 0 Å².